The number of ketones is 1. The Kier molecular flexibility index (Phi) is 4.89. The number of carbonyl (C=O) groups is 1. The van der Waals surface area contributed by atoms with E-state index in [2.05, 4.69) is 29.0 Å². The Morgan fingerprint density at radius 1 is 1.12 bits per heavy atom. The van der Waals surface area contributed by atoms with Crippen LogP contribution in [-0.2, 0) is 6.42 Å². The molecule has 124 valence electrons. The summed E-state index contributed by atoms with van der Waals surface area (Å²) in [6.07, 6.45) is 2.34. The summed E-state index contributed by atoms with van der Waals surface area (Å²) >= 11 is 0. The molecule has 0 atom stereocenters. The van der Waals surface area contributed by atoms with Gasteiger partial charge in [-0.3, -0.25) is 9.89 Å². The standard InChI is InChI=1S/C19H21N3O2/c1-3-14(4-2)24-17-11-10-15-18(21-22-19(15)20-17)16(23)12-13-8-6-5-7-9-13/h5-11,14H,3-4,12H2,1-2H3,(H,20,21,22). The quantitative estimate of drug-likeness (QED) is 0.668. The lowest BCUT2D eigenvalue weighted by Gasteiger charge is -2.14. The molecule has 0 aliphatic carbocycles. The monoisotopic (exact) mass is 323 g/mol. The highest BCUT2D eigenvalue weighted by Gasteiger charge is 2.16. The molecule has 0 unspecified atom stereocenters. The van der Waals surface area contributed by atoms with Crippen molar-refractivity contribution >= 4 is 16.8 Å². The summed E-state index contributed by atoms with van der Waals surface area (Å²) in [5.74, 6) is 0.545. The lowest BCUT2D eigenvalue weighted by molar-refractivity contribution is 0.0989. The molecule has 0 saturated carbocycles. The number of hydrogen-bond donors (Lipinski definition) is 1. The number of nitrogens with zero attached hydrogens (tertiary/aromatic N) is 2. The van der Waals surface area contributed by atoms with Crippen LogP contribution in [0.5, 0.6) is 5.88 Å². The van der Waals surface area contributed by atoms with E-state index in [0.29, 0.717) is 23.6 Å². The van der Waals surface area contributed by atoms with Crippen molar-refractivity contribution in [1.29, 1.82) is 0 Å². The third kappa shape index (κ3) is 3.45. The number of benzene rings is 1. The Hall–Kier alpha value is -2.69. The first-order valence-electron chi connectivity index (χ1n) is 8.30. The molecule has 1 N–H and O–H groups in total. The molecule has 5 heteroatoms. The molecule has 0 spiro atoms. The fourth-order valence-corrected chi connectivity index (χ4v) is 2.65. The molecule has 0 amide bonds. The molecule has 5 nitrogen and oxygen atoms in total. The summed E-state index contributed by atoms with van der Waals surface area (Å²) < 4.78 is 5.84. The number of carbonyl (C=O) groups excluding carboxylic acids is 1. The SMILES string of the molecule is CCC(CC)Oc1ccc2c(C(=O)Cc3ccccc3)[nH]nc2n1. The van der Waals surface area contributed by atoms with Gasteiger partial charge in [-0.1, -0.05) is 44.2 Å². The van der Waals surface area contributed by atoms with Crippen LogP contribution >= 0.6 is 0 Å². The van der Waals surface area contributed by atoms with E-state index in [1.807, 2.05) is 36.4 Å². The van der Waals surface area contributed by atoms with Gasteiger partial charge in [-0.2, -0.15) is 10.1 Å². The number of Topliss-reactive ketones (excluding diaryl/α,β-unsaturated/α-hetero) is 1. The minimum Gasteiger partial charge on any atom is -0.474 e. The molecule has 0 aliphatic heterocycles. The zero-order chi connectivity index (χ0) is 16.9. The summed E-state index contributed by atoms with van der Waals surface area (Å²) in [7, 11) is 0. The molecule has 3 aromatic rings. The van der Waals surface area contributed by atoms with Crippen LogP contribution in [0.25, 0.3) is 11.0 Å². The highest BCUT2D eigenvalue weighted by atomic mass is 16.5. The second-order valence-corrected chi connectivity index (χ2v) is 5.76. The number of pyridine rings is 1. The van der Waals surface area contributed by atoms with Crippen molar-refractivity contribution in [2.24, 2.45) is 0 Å². The number of ether oxygens (including phenoxy) is 1. The van der Waals surface area contributed by atoms with E-state index in [9.17, 15) is 4.79 Å². The maximum absolute atomic E-state index is 12.5. The van der Waals surface area contributed by atoms with Gasteiger partial charge in [0.25, 0.3) is 0 Å². The molecule has 0 saturated heterocycles. The van der Waals surface area contributed by atoms with Crippen LogP contribution in [0, 0.1) is 0 Å². The van der Waals surface area contributed by atoms with Crippen LogP contribution in [-0.4, -0.2) is 27.1 Å². The van der Waals surface area contributed by atoms with E-state index in [1.165, 1.54) is 0 Å². The summed E-state index contributed by atoms with van der Waals surface area (Å²) in [4.78, 5) is 16.9. The van der Waals surface area contributed by atoms with E-state index in [-0.39, 0.29) is 11.9 Å². The number of aromatic amines is 1. The van der Waals surface area contributed by atoms with Gasteiger partial charge in [0, 0.05) is 12.5 Å². The minimum absolute atomic E-state index is 0.000777. The van der Waals surface area contributed by atoms with Gasteiger partial charge in [0.05, 0.1) is 11.5 Å². The van der Waals surface area contributed by atoms with Crippen molar-refractivity contribution in [1.82, 2.24) is 15.2 Å². The first kappa shape index (κ1) is 16.2. The largest absolute Gasteiger partial charge is 0.474 e. The van der Waals surface area contributed by atoms with Gasteiger partial charge >= 0.3 is 0 Å². The molecular formula is C19H21N3O2. The predicted octanol–water partition coefficient (Wildman–Crippen LogP) is 3.95. The fraction of sp³-hybridized carbons (Fsp3) is 0.316. The Morgan fingerprint density at radius 2 is 1.88 bits per heavy atom. The normalized spacial score (nSPS) is 11.1. The number of rotatable bonds is 7. The van der Waals surface area contributed by atoms with Crippen molar-refractivity contribution in [3.8, 4) is 5.88 Å². The van der Waals surface area contributed by atoms with Crippen LogP contribution in [0.1, 0.15) is 42.7 Å². The van der Waals surface area contributed by atoms with E-state index in [1.54, 1.807) is 6.07 Å². The van der Waals surface area contributed by atoms with E-state index in [0.717, 1.165) is 23.8 Å². The Bertz CT molecular complexity index is 823. The van der Waals surface area contributed by atoms with Gasteiger partial charge in [-0.05, 0) is 24.5 Å². The van der Waals surface area contributed by atoms with Crippen molar-refractivity contribution in [3.63, 3.8) is 0 Å². The lowest BCUT2D eigenvalue weighted by Crippen LogP contribution is -2.14. The Balaban J connectivity index is 1.81. The smallest absolute Gasteiger partial charge is 0.215 e. The van der Waals surface area contributed by atoms with Gasteiger partial charge in [0.15, 0.2) is 11.4 Å². The van der Waals surface area contributed by atoms with Gasteiger partial charge in [0.2, 0.25) is 5.88 Å². The molecule has 24 heavy (non-hydrogen) atoms. The maximum atomic E-state index is 12.5. The molecule has 2 aromatic heterocycles. The maximum Gasteiger partial charge on any atom is 0.215 e. The van der Waals surface area contributed by atoms with E-state index in [4.69, 9.17) is 4.74 Å². The number of H-pyrrole nitrogens is 1. The second-order valence-electron chi connectivity index (χ2n) is 5.76. The molecule has 2 heterocycles. The van der Waals surface area contributed by atoms with E-state index < -0.39 is 0 Å². The van der Waals surface area contributed by atoms with Crippen LogP contribution < -0.4 is 4.74 Å². The lowest BCUT2D eigenvalue weighted by atomic mass is 10.1. The average Bonchev–Trinajstić information content (AvgIpc) is 3.03. The average molecular weight is 323 g/mol. The van der Waals surface area contributed by atoms with Crippen LogP contribution in [0.15, 0.2) is 42.5 Å². The zero-order valence-electron chi connectivity index (χ0n) is 14.0. The molecular weight excluding hydrogens is 302 g/mol. The second kappa shape index (κ2) is 7.25. The summed E-state index contributed by atoms with van der Waals surface area (Å²) in [5.41, 5.74) is 1.98. The van der Waals surface area contributed by atoms with Crippen LogP contribution in [0.4, 0.5) is 0 Å². The fourth-order valence-electron chi connectivity index (χ4n) is 2.65. The highest BCUT2D eigenvalue weighted by Crippen LogP contribution is 2.21. The molecule has 0 fully saturated rings. The number of fused-ring (bicyclic) bond motifs is 1. The molecule has 0 bridgehead atoms. The molecule has 3 rings (SSSR count). The topological polar surface area (TPSA) is 67.9 Å². The number of aromatic nitrogens is 3. The zero-order valence-corrected chi connectivity index (χ0v) is 14.0. The summed E-state index contributed by atoms with van der Waals surface area (Å²) in [6.45, 7) is 4.17. The minimum atomic E-state index is -0.000777. The number of hydrogen-bond acceptors (Lipinski definition) is 4. The van der Waals surface area contributed by atoms with Crippen LogP contribution in [0.3, 0.4) is 0 Å². The van der Waals surface area contributed by atoms with Crippen molar-refractivity contribution in [2.45, 2.75) is 39.2 Å². The third-order valence-corrected chi connectivity index (χ3v) is 4.08. The van der Waals surface area contributed by atoms with Crippen molar-refractivity contribution in [3.05, 3.63) is 53.7 Å². The Labute approximate surface area is 141 Å². The Morgan fingerprint density at radius 3 is 2.58 bits per heavy atom. The molecule has 0 radical (unpaired) electrons. The van der Waals surface area contributed by atoms with Crippen molar-refractivity contribution < 1.29 is 9.53 Å². The molecule has 1 aromatic carbocycles. The van der Waals surface area contributed by atoms with Gasteiger partial charge in [-0.15, -0.1) is 0 Å². The van der Waals surface area contributed by atoms with Crippen LogP contribution in [0.2, 0.25) is 0 Å². The van der Waals surface area contributed by atoms with E-state index >= 15 is 0 Å². The number of nitrogens with one attached hydrogen (secondary N) is 1. The summed E-state index contributed by atoms with van der Waals surface area (Å²) in [6, 6.07) is 13.3. The van der Waals surface area contributed by atoms with Gasteiger partial charge in [-0.25, -0.2) is 0 Å². The van der Waals surface area contributed by atoms with Gasteiger partial charge < -0.3 is 4.74 Å². The highest BCUT2D eigenvalue weighted by molar-refractivity contribution is 6.06. The predicted molar refractivity (Wildman–Crippen MR) is 93.4 cm³/mol. The molecule has 0 aliphatic rings. The van der Waals surface area contributed by atoms with Crippen molar-refractivity contribution in [2.75, 3.05) is 0 Å². The summed E-state index contributed by atoms with van der Waals surface area (Å²) in [5, 5.41) is 7.72. The first-order chi connectivity index (χ1) is 11.7. The van der Waals surface area contributed by atoms with Gasteiger partial charge in [0.1, 0.15) is 5.69 Å². The third-order valence-electron chi connectivity index (χ3n) is 4.08. The first-order valence-corrected chi connectivity index (χ1v) is 8.30.